The molecule has 2 aliphatic rings. The third-order valence-electron chi connectivity index (χ3n) is 5.52. The van der Waals surface area contributed by atoms with E-state index in [0.717, 1.165) is 43.1 Å². The number of nitrogens with two attached hydrogens (primary N) is 1. The predicted octanol–water partition coefficient (Wildman–Crippen LogP) is 1.12. The van der Waals surface area contributed by atoms with Crippen molar-refractivity contribution >= 4 is 22.7 Å². The van der Waals surface area contributed by atoms with Crippen molar-refractivity contribution in [2.75, 3.05) is 19.6 Å². The van der Waals surface area contributed by atoms with Gasteiger partial charge in [-0.3, -0.25) is 19.6 Å². The Morgan fingerprint density at radius 3 is 2.64 bits per heavy atom. The molecule has 1 aromatic heterocycles. The number of hydrogen-bond donors (Lipinski definition) is 2. The normalized spacial score (nSPS) is 22.6. The van der Waals surface area contributed by atoms with Crippen LogP contribution in [0.2, 0.25) is 0 Å². The summed E-state index contributed by atoms with van der Waals surface area (Å²) >= 11 is 0. The van der Waals surface area contributed by atoms with Gasteiger partial charge in [-0.1, -0.05) is 18.2 Å². The van der Waals surface area contributed by atoms with Gasteiger partial charge >= 0.3 is 0 Å². The highest BCUT2D eigenvalue weighted by molar-refractivity contribution is 6.04. The Morgan fingerprint density at radius 2 is 1.88 bits per heavy atom. The SMILES string of the molecule is NC(=O)[C@H]1CCCN1C1CCN(C(=O)c2n[nH]c3ccccc23)CC1. The van der Waals surface area contributed by atoms with Crippen LogP contribution in [0.4, 0.5) is 0 Å². The number of nitrogens with one attached hydrogen (secondary N) is 1. The van der Waals surface area contributed by atoms with Gasteiger partial charge in [-0.25, -0.2) is 0 Å². The highest BCUT2D eigenvalue weighted by Crippen LogP contribution is 2.27. The lowest BCUT2D eigenvalue weighted by molar-refractivity contribution is -0.123. The molecule has 3 N–H and O–H groups in total. The molecule has 0 unspecified atom stereocenters. The topological polar surface area (TPSA) is 95.3 Å². The lowest BCUT2D eigenvalue weighted by Crippen LogP contribution is -2.51. The van der Waals surface area contributed by atoms with Gasteiger partial charge < -0.3 is 10.6 Å². The van der Waals surface area contributed by atoms with E-state index >= 15 is 0 Å². The molecule has 4 rings (SSSR count). The fourth-order valence-electron chi connectivity index (χ4n) is 4.21. The summed E-state index contributed by atoms with van der Waals surface area (Å²) in [4.78, 5) is 28.6. The summed E-state index contributed by atoms with van der Waals surface area (Å²) in [5, 5.41) is 8.00. The van der Waals surface area contributed by atoms with Crippen LogP contribution in [0.25, 0.3) is 10.9 Å². The van der Waals surface area contributed by atoms with E-state index in [-0.39, 0.29) is 17.9 Å². The number of para-hydroxylation sites is 1. The molecule has 7 nitrogen and oxygen atoms in total. The van der Waals surface area contributed by atoms with Gasteiger partial charge in [0, 0.05) is 24.5 Å². The number of benzene rings is 1. The van der Waals surface area contributed by atoms with Crippen molar-refractivity contribution in [1.82, 2.24) is 20.0 Å². The summed E-state index contributed by atoms with van der Waals surface area (Å²) in [5.41, 5.74) is 6.90. The van der Waals surface area contributed by atoms with Crippen molar-refractivity contribution in [1.29, 1.82) is 0 Å². The Labute approximate surface area is 146 Å². The summed E-state index contributed by atoms with van der Waals surface area (Å²) in [6.45, 7) is 2.30. The predicted molar refractivity (Wildman–Crippen MR) is 93.9 cm³/mol. The van der Waals surface area contributed by atoms with E-state index in [9.17, 15) is 9.59 Å². The van der Waals surface area contributed by atoms with Crippen molar-refractivity contribution in [3.8, 4) is 0 Å². The molecule has 0 bridgehead atoms. The van der Waals surface area contributed by atoms with E-state index in [0.29, 0.717) is 24.8 Å². The van der Waals surface area contributed by atoms with Crippen LogP contribution in [-0.4, -0.2) is 63.5 Å². The maximum atomic E-state index is 12.8. The first-order valence-corrected chi connectivity index (χ1v) is 8.92. The van der Waals surface area contributed by atoms with E-state index in [1.807, 2.05) is 29.2 Å². The van der Waals surface area contributed by atoms with Crippen molar-refractivity contribution < 1.29 is 9.59 Å². The molecule has 2 amide bonds. The number of likely N-dealkylation sites (tertiary alicyclic amines) is 2. The molecule has 2 saturated heterocycles. The number of H-pyrrole nitrogens is 1. The first-order chi connectivity index (χ1) is 12.1. The van der Waals surface area contributed by atoms with Gasteiger partial charge in [-0.15, -0.1) is 0 Å². The Kier molecular flexibility index (Phi) is 4.17. The maximum absolute atomic E-state index is 12.8. The standard InChI is InChI=1S/C18H23N5O2/c19-17(24)15-6-3-9-23(15)12-7-10-22(11-8-12)18(25)16-13-4-1-2-5-14(13)20-21-16/h1-2,4-5,12,15H,3,6-11H2,(H2,19,24)(H,20,21)/t15-/m1/s1. The molecule has 7 heteroatoms. The Morgan fingerprint density at radius 1 is 1.12 bits per heavy atom. The van der Waals surface area contributed by atoms with Crippen molar-refractivity contribution in [2.24, 2.45) is 5.73 Å². The van der Waals surface area contributed by atoms with Gasteiger partial charge in [0.05, 0.1) is 11.6 Å². The highest BCUT2D eigenvalue weighted by atomic mass is 16.2. The number of carbonyl (C=O) groups is 2. The number of aromatic nitrogens is 2. The highest BCUT2D eigenvalue weighted by Gasteiger charge is 2.36. The van der Waals surface area contributed by atoms with Crippen molar-refractivity contribution in [3.05, 3.63) is 30.0 Å². The van der Waals surface area contributed by atoms with Crippen LogP contribution in [-0.2, 0) is 4.79 Å². The largest absolute Gasteiger partial charge is 0.368 e. The zero-order valence-corrected chi connectivity index (χ0v) is 14.1. The molecule has 3 heterocycles. The fraction of sp³-hybridized carbons (Fsp3) is 0.500. The van der Waals surface area contributed by atoms with Crippen LogP contribution in [0.1, 0.15) is 36.2 Å². The number of rotatable bonds is 3. The first kappa shape index (κ1) is 16.1. The number of carbonyl (C=O) groups excluding carboxylic acids is 2. The van der Waals surface area contributed by atoms with Crippen LogP contribution in [0, 0.1) is 0 Å². The average molecular weight is 341 g/mol. The second-order valence-electron chi connectivity index (χ2n) is 6.94. The number of hydrogen-bond acceptors (Lipinski definition) is 4. The Balaban J connectivity index is 1.43. The minimum absolute atomic E-state index is 0.0243. The fourth-order valence-corrected chi connectivity index (χ4v) is 4.21. The molecular formula is C18H23N5O2. The second kappa shape index (κ2) is 6.48. The van der Waals surface area contributed by atoms with Gasteiger partial charge in [-0.2, -0.15) is 5.10 Å². The van der Waals surface area contributed by atoms with Crippen LogP contribution in [0.5, 0.6) is 0 Å². The molecule has 132 valence electrons. The zero-order valence-electron chi connectivity index (χ0n) is 14.1. The molecule has 0 radical (unpaired) electrons. The second-order valence-corrected chi connectivity index (χ2v) is 6.94. The summed E-state index contributed by atoms with van der Waals surface area (Å²) in [7, 11) is 0. The van der Waals surface area contributed by atoms with Crippen LogP contribution in [0.15, 0.2) is 24.3 Å². The summed E-state index contributed by atoms with van der Waals surface area (Å²) in [6.07, 6.45) is 3.62. The minimum Gasteiger partial charge on any atom is -0.368 e. The quantitative estimate of drug-likeness (QED) is 0.874. The smallest absolute Gasteiger partial charge is 0.274 e. The molecular weight excluding hydrogens is 318 g/mol. The molecule has 1 aromatic carbocycles. The number of aromatic amines is 1. The summed E-state index contributed by atoms with van der Waals surface area (Å²) in [6, 6.07) is 7.87. The van der Waals surface area contributed by atoms with Crippen molar-refractivity contribution in [2.45, 2.75) is 37.8 Å². The third-order valence-corrected chi connectivity index (χ3v) is 5.52. The van der Waals surface area contributed by atoms with Crippen molar-refractivity contribution in [3.63, 3.8) is 0 Å². The average Bonchev–Trinajstić information content (AvgIpc) is 3.28. The number of primary amides is 1. The minimum atomic E-state index is -0.223. The van der Waals surface area contributed by atoms with Gasteiger partial charge in [0.2, 0.25) is 5.91 Å². The molecule has 2 fully saturated rings. The Bertz CT molecular complexity index is 794. The molecule has 0 aliphatic carbocycles. The van der Waals surface area contributed by atoms with Gasteiger partial charge in [-0.05, 0) is 38.3 Å². The first-order valence-electron chi connectivity index (χ1n) is 8.92. The van der Waals surface area contributed by atoms with Crippen LogP contribution >= 0.6 is 0 Å². The zero-order chi connectivity index (χ0) is 17.4. The van der Waals surface area contributed by atoms with Gasteiger partial charge in [0.1, 0.15) is 0 Å². The number of piperidine rings is 1. The van der Waals surface area contributed by atoms with Gasteiger partial charge in [0.25, 0.3) is 5.91 Å². The summed E-state index contributed by atoms with van der Waals surface area (Å²) in [5.74, 6) is -0.247. The van der Waals surface area contributed by atoms with Crippen LogP contribution < -0.4 is 5.73 Å². The number of nitrogens with zero attached hydrogens (tertiary/aromatic N) is 3. The molecule has 2 aromatic rings. The third kappa shape index (κ3) is 2.89. The lowest BCUT2D eigenvalue weighted by atomic mass is 10.0. The molecule has 0 spiro atoms. The van der Waals surface area contributed by atoms with Gasteiger partial charge in [0.15, 0.2) is 5.69 Å². The lowest BCUT2D eigenvalue weighted by Gasteiger charge is -2.38. The maximum Gasteiger partial charge on any atom is 0.274 e. The monoisotopic (exact) mass is 341 g/mol. The molecule has 25 heavy (non-hydrogen) atoms. The van der Waals surface area contributed by atoms with Crippen LogP contribution in [0.3, 0.4) is 0 Å². The summed E-state index contributed by atoms with van der Waals surface area (Å²) < 4.78 is 0. The molecule has 0 saturated carbocycles. The molecule has 1 atom stereocenters. The molecule has 2 aliphatic heterocycles. The Hall–Kier alpha value is -2.41. The van der Waals surface area contributed by atoms with E-state index in [4.69, 9.17) is 5.73 Å². The van der Waals surface area contributed by atoms with E-state index in [2.05, 4.69) is 15.1 Å². The van der Waals surface area contributed by atoms with E-state index in [1.165, 1.54) is 0 Å². The van der Waals surface area contributed by atoms with E-state index < -0.39 is 0 Å². The number of fused-ring (bicyclic) bond motifs is 1. The van der Waals surface area contributed by atoms with E-state index in [1.54, 1.807) is 0 Å². The number of amides is 2.